The first-order chi connectivity index (χ1) is 9.53. The van der Waals surface area contributed by atoms with Crippen LogP contribution in [0, 0.1) is 0 Å². The van der Waals surface area contributed by atoms with Gasteiger partial charge in [-0.05, 0) is 18.2 Å². The number of nitrogens with zero attached hydrogens (tertiary/aromatic N) is 1. The summed E-state index contributed by atoms with van der Waals surface area (Å²) in [7, 11) is -3.17. The maximum Gasteiger partial charge on any atom is 0.253 e. The fourth-order valence-corrected chi connectivity index (χ4v) is 3.35. The molecule has 1 aliphatic rings. The van der Waals surface area contributed by atoms with Crippen molar-refractivity contribution in [1.29, 1.82) is 0 Å². The molecule has 5 nitrogen and oxygen atoms in total. The predicted molar refractivity (Wildman–Crippen MR) is 75.9 cm³/mol. The topological polar surface area (TPSA) is 76.1 Å². The number of carbonyl (C=O) groups excluding carboxylic acids is 1. The van der Waals surface area contributed by atoms with Crippen molar-refractivity contribution in [2.45, 2.75) is 6.04 Å². The van der Waals surface area contributed by atoms with Gasteiger partial charge in [0.2, 0.25) is 0 Å². The molecular weight excluding hydrogens is 276 g/mol. The first-order valence-corrected chi connectivity index (χ1v) is 7.82. The van der Waals surface area contributed by atoms with Gasteiger partial charge in [-0.3, -0.25) is 9.78 Å². The average Bonchev–Trinajstić information content (AvgIpc) is 2.77. The number of nitrogens with one attached hydrogen (secondary N) is 1. The summed E-state index contributed by atoms with van der Waals surface area (Å²) in [6, 6.07) is 8.76. The van der Waals surface area contributed by atoms with Crippen molar-refractivity contribution in [1.82, 2.24) is 10.3 Å². The van der Waals surface area contributed by atoms with Crippen LogP contribution in [0.4, 0.5) is 0 Å². The molecule has 2 aromatic rings. The molecule has 0 bridgehead atoms. The number of sulfone groups is 1. The van der Waals surface area contributed by atoms with Crippen molar-refractivity contribution >= 4 is 26.6 Å². The minimum Gasteiger partial charge on any atom is -0.345 e. The monoisotopic (exact) mass is 288 g/mol. The highest BCUT2D eigenvalue weighted by Gasteiger charge is 2.23. The van der Waals surface area contributed by atoms with Crippen LogP contribution >= 0.6 is 0 Å². The summed E-state index contributed by atoms with van der Waals surface area (Å²) in [5, 5.41) is 4.68. The normalized spacial score (nSPS) is 20.1. The van der Waals surface area contributed by atoms with E-state index in [-0.39, 0.29) is 11.7 Å². The molecule has 1 aromatic carbocycles. The van der Waals surface area contributed by atoms with Crippen molar-refractivity contribution < 1.29 is 13.2 Å². The number of hydrogen-bond donors (Lipinski definition) is 1. The number of amides is 1. The van der Waals surface area contributed by atoms with Gasteiger partial charge in [0, 0.05) is 17.0 Å². The third kappa shape index (κ3) is 2.55. The lowest BCUT2D eigenvalue weighted by Gasteiger charge is -2.10. The summed E-state index contributed by atoms with van der Waals surface area (Å²) < 4.78 is 22.6. The average molecular weight is 288 g/mol. The maximum atomic E-state index is 12.1. The minimum absolute atomic E-state index is 0.0836. The number of para-hydroxylation sites is 1. The molecule has 20 heavy (non-hydrogen) atoms. The SMILES string of the molecule is O=C(N[C@@H]1C=CS(=O)(=O)C1)c1cnc2ccccc2c1. The van der Waals surface area contributed by atoms with Crippen molar-refractivity contribution in [3.63, 3.8) is 0 Å². The predicted octanol–water partition coefficient (Wildman–Crippen LogP) is 1.28. The molecule has 1 atom stereocenters. The van der Waals surface area contributed by atoms with Crippen LogP contribution < -0.4 is 5.32 Å². The Hall–Kier alpha value is -2.21. The molecule has 6 heteroatoms. The van der Waals surface area contributed by atoms with Crippen LogP contribution in [0.2, 0.25) is 0 Å². The molecule has 1 N–H and O–H groups in total. The summed E-state index contributed by atoms with van der Waals surface area (Å²) in [6.07, 6.45) is 2.98. The lowest BCUT2D eigenvalue weighted by molar-refractivity contribution is 0.0947. The van der Waals surface area contributed by atoms with E-state index in [2.05, 4.69) is 10.3 Å². The standard InChI is InChI=1S/C14H12N2O3S/c17-14(16-12-5-6-20(18,19)9-12)11-7-10-3-1-2-4-13(10)15-8-11/h1-8,12H,9H2,(H,16,17)/t12-/m1/s1. The molecule has 1 aromatic heterocycles. The van der Waals surface area contributed by atoms with Crippen LogP contribution in [0.1, 0.15) is 10.4 Å². The van der Waals surface area contributed by atoms with E-state index in [1.807, 2.05) is 24.3 Å². The van der Waals surface area contributed by atoms with E-state index in [9.17, 15) is 13.2 Å². The van der Waals surface area contributed by atoms with Gasteiger partial charge in [-0.15, -0.1) is 0 Å². The first-order valence-electron chi connectivity index (χ1n) is 6.10. The third-order valence-corrected chi connectivity index (χ3v) is 4.49. The van der Waals surface area contributed by atoms with Gasteiger partial charge in [-0.2, -0.15) is 0 Å². The van der Waals surface area contributed by atoms with E-state index in [1.165, 1.54) is 12.3 Å². The molecule has 0 saturated heterocycles. The summed E-state index contributed by atoms with van der Waals surface area (Å²) in [5.74, 6) is -0.408. The van der Waals surface area contributed by atoms with Gasteiger partial charge in [-0.1, -0.05) is 18.2 Å². The third-order valence-electron chi connectivity index (χ3n) is 3.10. The fraction of sp³-hybridized carbons (Fsp3) is 0.143. The van der Waals surface area contributed by atoms with Crippen LogP contribution in [0.5, 0.6) is 0 Å². The molecule has 2 heterocycles. The molecule has 0 radical (unpaired) electrons. The van der Waals surface area contributed by atoms with Gasteiger partial charge in [0.25, 0.3) is 5.91 Å². The lowest BCUT2D eigenvalue weighted by atomic mass is 10.1. The molecule has 1 aliphatic heterocycles. The van der Waals surface area contributed by atoms with Crippen molar-refractivity contribution in [2.75, 3.05) is 5.75 Å². The van der Waals surface area contributed by atoms with Gasteiger partial charge < -0.3 is 5.32 Å². The van der Waals surface area contributed by atoms with E-state index in [0.717, 1.165) is 16.3 Å². The Kier molecular flexibility index (Phi) is 3.02. The van der Waals surface area contributed by atoms with Gasteiger partial charge in [0.05, 0.1) is 22.9 Å². The quantitative estimate of drug-likeness (QED) is 0.903. The van der Waals surface area contributed by atoms with Crippen molar-refractivity contribution in [2.24, 2.45) is 0 Å². The molecule has 3 rings (SSSR count). The number of aromatic nitrogens is 1. The van der Waals surface area contributed by atoms with Crippen molar-refractivity contribution in [3.8, 4) is 0 Å². The van der Waals surface area contributed by atoms with E-state index in [0.29, 0.717) is 5.56 Å². The van der Waals surface area contributed by atoms with E-state index in [1.54, 1.807) is 6.07 Å². The number of hydrogen-bond acceptors (Lipinski definition) is 4. The van der Waals surface area contributed by atoms with Crippen LogP contribution in [0.25, 0.3) is 10.9 Å². The molecule has 102 valence electrons. The largest absolute Gasteiger partial charge is 0.345 e. The highest BCUT2D eigenvalue weighted by atomic mass is 32.2. The van der Waals surface area contributed by atoms with E-state index >= 15 is 0 Å². The molecule has 0 saturated carbocycles. The zero-order chi connectivity index (χ0) is 14.2. The highest BCUT2D eigenvalue weighted by molar-refractivity contribution is 7.94. The maximum absolute atomic E-state index is 12.1. The number of carbonyl (C=O) groups is 1. The molecule has 0 spiro atoms. The van der Waals surface area contributed by atoms with Crippen LogP contribution in [0.3, 0.4) is 0 Å². The molecule has 1 amide bonds. The smallest absolute Gasteiger partial charge is 0.253 e. The number of benzene rings is 1. The van der Waals surface area contributed by atoms with Crippen LogP contribution in [-0.2, 0) is 9.84 Å². The lowest BCUT2D eigenvalue weighted by Crippen LogP contribution is -2.35. The van der Waals surface area contributed by atoms with E-state index < -0.39 is 15.9 Å². The molecule has 0 fully saturated rings. The zero-order valence-electron chi connectivity index (χ0n) is 10.5. The Balaban J connectivity index is 1.81. The Morgan fingerprint density at radius 2 is 2.10 bits per heavy atom. The second-order valence-electron chi connectivity index (χ2n) is 4.65. The fourth-order valence-electron chi connectivity index (χ4n) is 2.11. The summed E-state index contributed by atoms with van der Waals surface area (Å²) in [4.78, 5) is 16.3. The summed E-state index contributed by atoms with van der Waals surface area (Å²) in [6.45, 7) is 0. The van der Waals surface area contributed by atoms with Crippen LogP contribution in [-0.4, -0.2) is 31.1 Å². The highest BCUT2D eigenvalue weighted by Crippen LogP contribution is 2.14. The van der Waals surface area contributed by atoms with Gasteiger partial charge in [0.15, 0.2) is 9.84 Å². The zero-order valence-corrected chi connectivity index (χ0v) is 11.3. The number of fused-ring (bicyclic) bond motifs is 1. The number of pyridine rings is 1. The Bertz CT molecular complexity index is 812. The van der Waals surface area contributed by atoms with Gasteiger partial charge in [-0.25, -0.2) is 8.42 Å². The molecule has 0 unspecified atom stereocenters. The Morgan fingerprint density at radius 1 is 1.30 bits per heavy atom. The Labute approximate surface area is 116 Å². The minimum atomic E-state index is -3.17. The molecule has 0 aliphatic carbocycles. The van der Waals surface area contributed by atoms with E-state index in [4.69, 9.17) is 0 Å². The second-order valence-corrected chi connectivity index (χ2v) is 6.59. The van der Waals surface area contributed by atoms with Gasteiger partial charge in [0.1, 0.15) is 0 Å². The Morgan fingerprint density at radius 3 is 2.85 bits per heavy atom. The van der Waals surface area contributed by atoms with Gasteiger partial charge >= 0.3 is 0 Å². The molecular formula is C14H12N2O3S. The van der Waals surface area contributed by atoms with Crippen molar-refractivity contribution in [3.05, 3.63) is 53.6 Å². The first kappa shape index (κ1) is 12.8. The number of rotatable bonds is 2. The summed E-state index contributed by atoms with van der Waals surface area (Å²) in [5.41, 5.74) is 1.23. The summed E-state index contributed by atoms with van der Waals surface area (Å²) >= 11 is 0. The second kappa shape index (κ2) is 4.72. The van der Waals surface area contributed by atoms with Crippen LogP contribution in [0.15, 0.2) is 48.0 Å².